The fourth-order valence-electron chi connectivity index (χ4n) is 4.18. The van der Waals surface area contributed by atoms with Crippen molar-refractivity contribution in [2.24, 2.45) is 0 Å². The standard InChI is InChI=1S/C22H24Cl2FNO4/c1-12-16(21(28)30-22(2)9-4-5-10-22)17(13-7-6-8-14(23)19(13)24)18(20(27)29-3)15(11-25)26-12/h6-8,17,26H,4-5,9-11H2,1-3H3. The molecule has 1 saturated carbocycles. The molecule has 1 aliphatic carbocycles. The van der Waals surface area contributed by atoms with Gasteiger partial charge in [-0.2, -0.15) is 0 Å². The predicted octanol–water partition coefficient (Wildman–Crippen LogP) is 5.23. The maximum absolute atomic E-state index is 13.9. The summed E-state index contributed by atoms with van der Waals surface area (Å²) in [7, 11) is 1.20. The van der Waals surface area contributed by atoms with E-state index < -0.39 is 30.1 Å². The molecule has 1 aliphatic heterocycles. The number of hydrogen-bond donors (Lipinski definition) is 1. The molecule has 1 aromatic rings. The minimum absolute atomic E-state index is 0.0176. The van der Waals surface area contributed by atoms with Crippen LogP contribution in [-0.2, 0) is 19.1 Å². The molecule has 8 heteroatoms. The number of benzene rings is 1. The van der Waals surface area contributed by atoms with E-state index in [1.807, 2.05) is 6.92 Å². The van der Waals surface area contributed by atoms with E-state index in [0.717, 1.165) is 25.7 Å². The third-order valence-corrected chi connectivity index (χ3v) is 6.53. The van der Waals surface area contributed by atoms with E-state index >= 15 is 0 Å². The number of rotatable bonds is 5. The summed E-state index contributed by atoms with van der Waals surface area (Å²) < 4.78 is 24.6. The zero-order valence-electron chi connectivity index (χ0n) is 17.1. The van der Waals surface area contributed by atoms with Gasteiger partial charge < -0.3 is 14.8 Å². The number of alkyl halides is 1. The van der Waals surface area contributed by atoms with Crippen LogP contribution in [0.1, 0.15) is 51.0 Å². The Hall–Kier alpha value is -2.05. The second-order valence-corrected chi connectivity index (χ2v) is 8.59. The highest BCUT2D eigenvalue weighted by molar-refractivity contribution is 6.42. The minimum Gasteiger partial charge on any atom is -0.466 e. The van der Waals surface area contributed by atoms with Crippen LogP contribution < -0.4 is 5.32 Å². The summed E-state index contributed by atoms with van der Waals surface area (Å²) in [6.45, 7) is 2.59. The van der Waals surface area contributed by atoms with Gasteiger partial charge in [0.1, 0.15) is 12.3 Å². The summed E-state index contributed by atoms with van der Waals surface area (Å²) in [6.07, 6.45) is 3.47. The number of allylic oxidation sites excluding steroid dienone is 2. The lowest BCUT2D eigenvalue weighted by molar-refractivity contribution is -0.152. The second-order valence-electron chi connectivity index (χ2n) is 7.80. The van der Waals surface area contributed by atoms with Crippen molar-refractivity contribution >= 4 is 35.1 Å². The van der Waals surface area contributed by atoms with Crippen molar-refractivity contribution in [1.82, 2.24) is 5.32 Å². The van der Waals surface area contributed by atoms with Gasteiger partial charge in [-0.05, 0) is 51.2 Å². The molecule has 0 spiro atoms. The first-order valence-electron chi connectivity index (χ1n) is 9.74. The van der Waals surface area contributed by atoms with E-state index in [4.69, 9.17) is 32.7 Å². The molecular formula is C22H24Cl2FNO4. The summed E-state index contributed by atoms with van der Waals surface area (Å²) in [5, 5.41) is 3.27. The Bertz CT molecular complexity index is 935. The Morgan fingerprint density at radius 2 is 1.87 bits per heavy atom. The second kappa shape index (κ2) is 8.98. The first-order chi connectivity index (χ1) is 14.2. The normalized spacial score (nSPS) is 20.8. The fraction of sp³-hybridized carbons (Fsp3) is 0.455. The predicted molar refractivity (Wildman–Crippen MR) is 113 cm³/mol. The number of ether oxygens (including phenoxy) is 2. The van der Waals surface area contributed by atoms with E-state index in [1.165, 1.54) is 7.11 Å². The van der Waals surface area contributed by atoms with Crippen LogP contribution in [0.4, 0.5) is 4.39 Å². The third kappa shape index (κ3) is 4.21. The summed E-state index contributed by atoms with van der Waals surface area (Å²) in [5.41, 5.74) is 0.387. The molecule has 0 bridgehead atoms. The molecule has 30 heavy (non-hydrogen) atoms. The quantitative estimate of drug-likeness (QED) is 0.615. The Morgan fingerprint density at radius 1 is 1.20 bits per heavy atom. The van der Waals surface area contributed by atoms with E-state index in [2.05, 4.69) is 5.32 Å². The number of nitrogens with one attached hydrogen (secondary N) is 1. The van der Waals surface area contributed by atoms with Crippen LogP contribution in [0.15, 0.2) is 40.7 Å². The Kier molecular flexibility index (Phi) is 6.78. The van der Waals surface area contributed by atoms with Gasteiger partial charge in [-0.1, -0.05) is 35.3 Å². The molecule has 1 unspecified atom stereocenters. The Balaban J connectivity index is 2.16. The molecule has 162 valence electrons. The lowest BCUT2D eigenvalue weighted by atomic mass is 9.80. The molecule has 1 N–H and O–H groups in total. The Morgan fingerprint density at radius 3 is 2.47 bits per heavy atom. The van der Waals surface area contributed by atoms with Gasteiger partial charge in [0.2, 0.25) is 0 Å². The Labute approximate surface area is 185 Å². The van der Waals surface area contributed by atoms with Crippen LogP contribution in [0.2, 0.25) is 10.0 Å². The first kappa shape index (κ1) is 22.6. The fourth-order valence-corrected chi connectivity index (χ4v) is 4.60. The molecule has 2 aliphatic rings. The first-order valence-corrected chi connectivity index (χ1v) is 10.5. The zero-order valence-corrected chi connectivity index (χ0v) is 18.6. The van der Waals surface area contributed by atoms with Crippen LogP contribution in [0.5, 0.6) is 0 Å². The minimum atomic E-state index is -0.979. The number of hydrogen-bond acceptors (Lipinski definition) is 5. The average Bonchev–Trinajstić information content (AvgIpc) is 3.14. The van der Waals surface area contributed by atoms with Crippen LogP contribution in [-0.4, -0.2) is 31.3 Å². The molecule has 3 rings (SSSR count). The molecular weight excluding hydrogens is 432 g/mol. The van der Waals surface area contributed by atoms with Crippen molar-refractivity contribution in [2.75, 3.05) is 13.8 Å². The van der Waals surface area contributed by atoms with Gasteiger partial charge in [-0.25, -0.2) is 14.0 Å². The van der Waals surface area contributed by atoms with E-state index in [1.54, 1.807) is 25.1 Å². The molecule has 1 aromatic carbocycles. The van der Waals surface area contributed by atoms with Crippen LogP contribution in [0.25, 0.3) is 0 Å². The smallest absolute Gasteiger partial charge is 0.337 e. The SMILES string of the molecule is COC(=O)C1=C(CF)NC(C)=C(C(=O)OC2(C)CCCC2)C1c1cccc(Cl)c1Cl. The lowest BCUT2D eigenvalue weighted by Crippen LogP contribution is -2.36. The van der Waals surface area contributed by atoms with Gasteiger partial charge in [0.25, 0.3) is 0 Å². The summed E-state index contributed by atoms with van der Waals surface area (Å²) in [6, 6.07) is 4.91. The van der Waals surface area contributed by atoms with Crippen molar-refractivity contribution in [3.05, 3.63) is 56.3 Å². The number of carbonyl (C=O) groups is 2. The highest BCUT2D eigenvalue weighted by Gasteiger charge is 2.42. The topological polar surface area (TPSA) is 64.6 Å². The van der Waals surface area contributed by atoms with Gasteiger partial charge in [0.05, 0.1) is 39.9 Å². The maximum atomic E-state index is 13.9. The van der Waals surface area contributed by atoms with E-state index in [0.29, 0.717) is 11.3 Å². The van der Waals surface area contributed by atoms with Crippen LogP contribution in [0.3, 0.4) is 0 Å². The number of dihydropyridines is 1. The molecule has 0 amide bonds. The maximum Gasteiger partial charge on any atom is 0.337 e. The van der Waals surface area contributed by atoms with Gasteiger partial charge >= 0.3 is 11.9 Å². The van der Waals surface area contributed by atoms with E-state index in [-0.39, 0.29) is 26.9 Å². The number of carbonyl (C=O) groups excluding carboxylic acids is 2. The van der Waals surface area contributed by atoms with Crippen molar-refractivity contribution in [2.45, 2.75) is 51.0 Å². The number of esters is 2. The lowest BCUT2D eigenvalue weighted by Gasteiger charge is -2.33. The molecule has 5 nitrogen and oxygen atoms in total. The molecule has 1 atom stereocenters. The molecule has 0 radical (unpaired) electrons. The summed E-state index contributed by atoms with van der Waals surface area (Å²) in [4.78, 5) is 26.0. The van der Waals surface area contributed by atoms with Crippen molar-refractivity contribution in [3.63, 3.8) is 0 Å². The molecule has 0 aromatic heterocycles. The third-order valence-electron chi connectivity index (χ3n) is 5.70. The highest BCUT2D eigenvalue weighted by Crippen LogP contribution is 2.44. The average molecular weight is 456 g/mol. The molecule has 0 saturated heterocycles. The number of halogens is 3. The van der Waals surface area contributed by atoms with E-state index in [9.17, 15) is 14.0 Å². The number of methoxy groups -OCH3 is 1. The van der Waals surface area contributed by atoms with Crippen molar-refractivity contribution in [3.8, 4) is 0 Å². The van der Waals surface area contributed by atoms with Gasteiger partial charge in [0.15, 0.2) is 0 Å². The van der Waals surface area contributed by atoms with Gasteiger partial charge in [-0.15, -0.1) is 0 Å². The van der Waals surface area contributed by atoms with Gasteiger partial charge in [-0.3, -0.25) is 0 Å². The highest BCUT2D eigenvalue weighted by atomic mass is 35.5. The van der Waals surface area contributed by atoms with Crippen LogP contribution in [0, 0.1) is 0 Å². The largest absolute Gasteiger partial charge is 0.466 e. The summed E-state index contributed by atoms with van der Waals surface area (Å²) in [5.74, 6) is -2.32. The zero-order chi connectivity index (χ0) is 22.1. The summed E-state index contributed by atoms with van der Waals surface area (Å²) >= 11 is 12.7. The van der Waals surface area contributed by atoms with Crippen LogP contribution >= 0.6 is 23.2 Å². The molecule has 1 fully saturated rings. The van der Waals surface area contributed by atoms with Crippen molar-refractivity contribution in [1.29, 1.82) is 0 Å². The molecule has 1 heterocycles. The van der Waals surface area contributed by atoms with Crippen molar-refractivity contribution < 1.29 is 23.5 Å². The van der Waals surface area contributed by atoms with Gasteiger partial charge in [0, 0.05) is 5.70 Å². The monoisotopic (exact) mass is 455 g/mol.